The fourth-order valence-corrected chi connectivity index (χ4v) is 3.25. The van der Waals surface area contributed by atoms with Crippen LogP contribution >= 0.6 is 0 Å². The van der Waals surface area contributed by atoms with Gasteiger partial charge < -0.3 is 11.5 Å². The van der Waals surface area contributed by atoms with Crippen LogP contribution in [0.4, 0.5) is 11.4 Å². The predicted octanol–water partition coefficient (Wildman–Crippen LogP) is 3.19. The highest BCUT2D eigenvalue weighted by molar-refractivity contribution is 5.98. The first kappa shape index (κ1) is 17.1. The molecule has 0 aromatic heterocycles. The number of carbonyl (C=O) groups excluding carboxylic acids is 1. The zero-order chi connectivity index (χ0) is 18.0. The minimum absolute atomic E-state index is 0.0188. The Morgan fingerprint density at radius 2 is 1.80 bits per heavy atom. The van der Waals surface area contributed by atoms with Gasteiger partial charge in [0.2, 0.25) is 0 Å². The Kier molecular flexibility index (Phi) is 4.57. The average Bonchev–Trinajstić information content (AvgIpc) is 2.62. The van der Waals surface area contributed by atoms with Crippen molar-refractivity contribution < 1.29 is 4.79 Å². The van der Waals surface area contributed by atoms with E-state index in [4.69, 9.17) is 11.5 Å². The van der Waals surface area contributed by atoms with Gasteiger partial charge in [-0.05, 0) is 42.3 Å². The summed E-state index contributed by atoms with van der Waals surface area (Å²) in [4.78, 5) is 12.7. The van der Waals surface area contributed by atoms with E-state index in [1.165, 1.54) is 0 Å². The Hall–Kier alpha value is -2.69. The number of nitrogens with zero attached hydrogens (tertiary/aromatic N) is 1. The van der Waals surface area contributed by atoms with E-state index in [9.17, 15) is 4.79 Å². The maximum Gasteiger partial charge on any atom is 0.335 e. The van der Waals surface area contributed by atoms with Crippen molar-refractivity contribution in [3.05, 3.63) is 71.8 Å². The van der Waals surface area contributed by atoms with E-state index in [0.29, 0.717) is 6.54 Å². The highest BCUT2D eigenvalue weighted by Crippen LogP contribution is 2.36. The molecule has 1 heterocycles. The van der Waals surface area contributed by atoms with E-state index in [2.05, 4.69) is 24.3 Å². The van der Waals surface area contributed by atoms with Gasteiger partial charge in [-0.2, -0.15) is 0 Å². The molecule has 0 spiro atoms. The summed E-state index contributed by atoms with van der Waals surface area (Å²) in [7, 11) is 1.93. The summed E-state index contributed by atoms with van der Waals surface area (Å²) in [5.74, 6) is 0.0188. The summed E-state index contributed by atoms with van der Waals surface area (Å²) in [6.07, 6.45) is 6.26. The van der Waals surface area contributed by atoms with Crippen LogP contribution in [0.5, 0.6) is 0 Å². The topological polar surface area (TPSA) is 69.1 Å². The number of rotatable bonds is 3. The van der Waals surface area contributed by atoms with Gasteiger partial charge in [-0.25, -0.2) is 9.28 Å². The van der Waals surface area contributed by atoms with Gasteiger partial charge >= 0.3 is 5.91 Å². The molecule has 4 N–H and O–H groups in total. The molecular formula is C21H24N3O+. The molecule has 2 atom stereocenters. The lowest BCUT2D eigenvalue weighted by atomic mass is 9.95. The molecule has 25 heavy (non-hydrogen) atoms. The first-order valence-corrected chi connectivity index (χ1v) is 8.41. The van der Waals surface area contributed by atoms with Crippen LogP contribution in [0.2, 0.25) is 0 Å². The van der Waals surface area contributed by atoms with Crippen LogP contribution < -0.4 is 16.0 Å². The van der Waals surface area contributed by atoms with Crippen molar-refractivity contribution in [2.24, 2.45) is 5.73 Å². The number of para-hydroxylation sites is 1. The fraction of sp³-hybridized carbons (Fsp3) is 0.190. The molecule has 128 valence electrons. The fourth-order valence-electron chi connectivity index (χ4n) is 3.25. The second kappa shape index (κ2) is 6.67. The normalized spacial score (nSPS) is 20.8. The van der Waals surface area contributed by atoms with Gasteiger partial charge in [0.15, 0.2) is 0 Å². The minimum Gasteiger partial charge on any atom is -0.399 e. The largest absolute Gasteiger partial charge is 0.399 e. The molecule has 0 radical (unpaired) electrons. The molecule has 2 aromatic carbocycles. The molecule has 0 saturated carbocycles. The summed E-state index contributed by atoms with van der Waals surface area (Å²) in [6.45, 7) is 2.34. The highest BCUT2D eigenvalue weighted by Gasteiger charge is 2.40. The minimum atomic E-state index is -0.502. The highest BCUT2D eigenvalue weighted by atomic mass is 16.2. The van der Waals surface area contributed by atoms with Crippen molar-refractivity contribution in [2.45, 2.75) is 13.0 Å². The quantitative estimate of drug-likeness (QED) is 0.669. The first-order valence-electron chi connectivity index (χ1n) is 8.41. The van der Waals surface area contributed by atoms with Crippen LogP contribution in [0.1, 0.15) is 18.1 Å². The molecular weight excluding hydrogens is 310 g/mol. The molecule has 1 unspecified atom stereocenters. The first-order chi connectivity index (χ1) is 11.9. The Labute approximate surface area is 148 Å². The van der Waals surface area contributed by atoms with Crippen LogP contribution in [-0.2, 0) is 4.79 Å². The second-order valence-corrected chi connectivity index (χ2v) is 6.68. The standard InChI is InChI=1S/C21H24N3O/c1-15(22)21(25)24(2)14-13-17(19-5-3-4-6-20(19)24)10-7-16-8-11-18(23)12-9-16/h3-13,15H,14,22-23H2,1-2H3/q+1/b10-7+/t15-,24?/m0/s1. The number of hydrogen-bond acceptors (Lipinski definition) is 3. The number of nitrogen functional groups attached to an aromatic ring is 1. The van der Waals surface area contributed by atoms with E-state index in [1.807, 2.05) is 49.5 Å². The van der Waals surface area contributed by atoms with E-state index < -0.39 is 6.04 Å². The molecule has 1 aliphatic rings. The maximum absolute atomic E-state index is 12.7. The average molecular weight is 334 g/mol. The molecule has 3 rings (SSSR count). The zero-order valence-corrected chi connectivity index (χ0v) is 14.6. The number of likely N-dealkylation sites (N-methyl/N-ethyl adjacent to an activating group) is 1. The number of carbonyl (C=O) groups is 1. The SMILES string of the molecule is C[C@H](N)C(=O)[N+]1(C)CC=C(/C=C/c2ccc(N)cc2)c2ccccc21. The number of hydrogen-bond donors (Lipinski definition) is 2. The van der Waals surface area contributed by atoms with Gasteiger partial charge in [-0.3, -0.25) is 0 Å². The summed E-state index contributed by atoms with van der Waals surface area (Å²) in [6, 6.07) is 15.3. The summed E-state index contributed by atoms with van der Waals surface area (Å²) < 4.78 is 0.201. The predicted molar refractivity (Wildman–Crippen MR) is 106 cm³/mol. The molecule has 1 amide bonds. The van der Waals surface area contributed by atoms with Gasteiger partial charge in [0, 0.05) is 17.3 Å². The lowest BCUT2D eigenvalue weighted by molar-refractivity contribution is -0.129. The number of allylic oxidation sites excluding steroid dienone is 2. The molecule has 2 aromatic rings. The summed E-state index contributed by atoms with van der Waals surface area (Å²) >= 11 is 0. The van der Waals surface area contributed by atoms with Crippen molar-refractivity contribution in [1.29, 1.82) is 0 Å². The number of amides is 1. The van der Waals surface area contributed by atoms with Crippen LogP contribution in [-0.4, -0.2) is 25.5 Å². The number of nitrogens with two attached hydrogens (primary N) is 2. The molecule has 4 nitrogen and oxygen atoms in total. The summed E-state index contributed by atoms with van der Waals surface area (Å²) in [5.41, 5.74) is 16.6. The Morgan fingerprint density at radius 3 is 2.48 bits per heavy atom. The number of benzene rings is 2. The van der Waals surface area contributed by atoms with Crippen LogP contribution in [0.3, 0.4) is 0 Å². The third-order valence-electron chi connectivity index (χ3n) is 4.69. The van der Waals surface area contributed by atoms with Crippen molar-refractivity contribution in [3.63, 3.8) is 0 Å². The van der Waals surface area contributed by atoms with E-state index in [1.54, 1.807) is 6.92 Å². The van der Waals surface area contributed by atoms with Crippen molar-refractivity contribution >= 4 is 28.9 Å². The van der Waals surface area contributed by atoms with Crippen LogP contribution in [0, 0.1) is 0 Å². The molecule has 0 saturated heterocycles. The van der Waals surface area contributed by atoms with Crippen LogP contribution in [0.25, 0.3) is 11.6 Å². The smallest absolute Gasteiger partial charge is 0.335 e. The summed E-state index contributed by atoms with van der Waals surface area (Å²) in [5, 5.41) is 0. The number of anilines is 1. The Bertz CT molecular complexity index is 850. The molecule has 0 aliphatic carbocycles. The maximum atomic E-state index is 12.7. The molecule has 0 fully saturated rings. The third-order valence-corrected chi connectivity index (χ3v) is 4.69. The van der Waals surface area contributed by atoms with Gasteiger partial charge in [-0.1, -0.05) is 36.4 Å². The van der Waals surface area contributed by atoms with Gasteiger partial charge in [0.05, 0.1) is 7.05 Å². The Morgan fingerprint density at radius 1 is 1.12 bits per heavy atom. The van der Waals surface area contributed by atoms with Gasteiger partial charge in [-0.15, -0.1) is 0 Å². The monoisotopic (exact) mass is 334 g/mol. The lowest BCUT2D eigenvalue weighted by Gasteiger charge is -2.36. The zero-order valence-electron chi connectivity index (χ0n) is 14.6. The lowest BCUT2D eigenvalue weighted by Crippen LogP contribution is -2.58. The number of quaternary nitrogens is 1. The Balaban J connectivity index is 1.97. The van der Waals surface area contributed by atoms with Gasteiger partial charge in [0.25, 0.3) is 0 Å². The second-order valence-electron chi connectivity index (χ2n) is 6.68. The van der Waals surface area contributed by atoms with Crippen molar-refractivity contribution in [1.82, 2.24) is 4.48 Å². The van der Waals surface area contributed by atoms with E-state index in [0.717, 1.165) is 28.1 Å². The number of fused-ring (bicyclic) bond motifs is 1. The third kappa shape index (κ3) is 3.27. The molecule has 1 aliphatic heterocycles. The van der Waals surface area contributed by atoms with E-state index >= 15 is 0 Å². The van der Waals surface area contributed by atoms with Crippen molar-refractivity contribution in [2.75, 3.05) is 19.3 Å². The van der Waals surface area contributed by atoms with Crippen molar-refractivity contribution in [3.8, 4) is 0 Å². The molecule has 0 bridgehead atoms. The van der Waals surface area contributed by atoms with Crippen LogP contribution in [0.15, 0.2) is 60.7 Å². The van der Waals surface area contributed by atoms with E-state index in [-0.39, 0.29) is 10.4 Å². The molecule has 4 heteroatoms. The van der Waals surface area contributed by atoms with Gasteiger partial charge in [0.1, 0.15) is 18.3 Å².